The molecule has 1 amide bonds. The summed E-state index contributed by atoms with van der Waals surface area (Å²) in [5.41, 5.74) is 2.58. The van der Waals surface area contributed by atoms with Gasteiger partial charge in [0.1, 0.15) is 0 Å². The molecule has 6 heteroatoms. The van der Waals surface area contributed by atoms with E-state index in [1.54, 1.807) is 0 Å². The summed E-state index contributed by atoms with van der Waals surface area (Å²) in [4.78, 5) is 17.3. The maximum Gasteiger partial charge on any atom is 0.253 e. The van der Waals surface area contributed by atoms with Crippen molar-refractivity contribution in [3.63, 3.8) is 0 Å². The fourth-order valence-corrected chi connectivity index (χ4v) is 4.56. The van der Waals surface area contributed by atoms with E-state index in [-0.39, 0.29) is 30.7 Å². The fraction of sp³-hybridized carbons (Fsp3) is 0.650. The van der Waals surface area contributed by atoms with Gasteiger partial charge in [0.05, 0.1) is 0 Å². The number of halogens is 2. The third-order valence-electron chi connectivity index (χ3n) is 6.28. The molecule has 0 saturated carbocycles. The molecule has 1 aromatic rings. The van der Waals surface area contributed by atoms with E-state index >= 15 is 0 Å². The van der Waals surface area contributed by atoms with Crippen LogP contribution in [0.3, 0.4) is 0 Å². The Balaban J connectivity index is 0.00000121. The number of rotatable bonds is 2. The predicted octanol–water partition coefficient (Wildman–Crippen LogP) is 3.74. The van der Waals surface area contributed by atoms with Crippen molar-refractivity contribution in [3.8, 4) is 0 Å². The van der Waals surface area contributed by atoms with Crippen molar-refractivity contribution in [1.82, 2.24) is 10.2 Å². The molecule has 1 spiro atoms. The van der Waals surface area contributed by atoms with Gasteiger partial charge < -0.3 is 15.1 Å². The van der Waals surface area contributed by atoms with Crippen LogP contribution >= 0.6 is 24.8 Å². The van der Waals surface area contributed by atoms with Crippen LogP contribution in [0.2, 0.25) is 0 Å². The number of nitrogens with one attached hydrogen (secondary N) is 1. The molecule has 0 aliphatic carbocycles. The number of likely N-dealkylation sites (tertiary alicyclic amines) is 1. The Morgan fingerprint density at radius 3 is 2.12 bits per heavy atom. The molecule has 4 rings (SSSR count). The number of nitrogens with zero attached hydrogens (tertiary/aromatic N) is 2. The monoisotopic (exact) mass is 399 g/mol. The third-order valence-corrected chi connectivity index (χ3v) is 6.28. The molecule has 3 heterocycles. The van der Waals surface area contributed by atoms with Crippen LogP contribution in [0.15, 0.2) is 24.3 Å². The van der Waals surface area contributed by atoms with Crippen LogP contribution in [-0.4, -0.2) is 50.1 Å². The van der Waals surface area contributed by atoms with Crippen molar-refractivity contribution >= 4 is 36.4 Å². The first-order valence-corrected chi connectivity index (χ1v) is 9.61. The molecular weight excluding hydrogens is 369 g/mol. The summed E-state index contributed by atoms with van der Waals surface area (Å²) in [5.74, 6) is 0.209. The Hall–Kier alpha value is -0.970. The second-order valence-electron chi connectivity index (χ2n) is 7.81. The Morgan fingerprint density at radius 2 is 1.54 bits per heavy atom. The van der Waals surface area contributed by atoms with Gasteiger partial charge in [-0.2, -0.15) is 0 Å². The van der Waals surface area contributed by atoms with Crippen molar-refractivity contribution in [3.05, 3.63) is 29.8 Å². The highest BCUT2D eigenvalue weighted by atomic mass is 35.5. The Kier molecular flexibility index (Phi) is 7.63. The number of hydrogen-bond donors (Lipinski definition) is 1. The molecule has 1 N–H and O–H groups in total. The normalized spacial score (nSPS) is 21.8. The molecule has 3 aliphatic rings. The zero-order valence-electron chi connectivity index (χ0n) is 15.4. The molecule has 146 valence electrons. The molecule has 4 nitrogen and oxygen atoms in total. The quantitative estimate of drug-likeness (QED) is 0.822. The highest BCUT2D eigenvalue weighted by Crippen LogP contribution is 2.37. The van der Waals surface area contributed by atoms with Gasteiger partial charge in [-0.1, -0.05) is 0 Å². The molecule has 3 fully saturated rings. The van der Waals surface area contributed by atoms with Crippen LogP contribution in [0, 0.1) is 5.41 Å². The minimum atomic E-state index is 0. The lowest BCUT2D eigenvalue weighted by Gasteiger charge is -2.39. The van der Waals surface area contributed by atoms with Crippen LogP contribution in [0.1, 0.15) is 48.9 Å². The number of benzene rings is 1. The van der Waals surface area contributed by atoms with Gasteiger partial charge in [-0.05, 0) is 74.8 Å². The molecule has 0 atom stereocenters. The number of carbonyl (C=O) groups is 1. The highest BCUT2D eigenvalue weighted by molar-refractivity contribution is 5.94. The maximum absolute atomic E-state index is 12.8. The molecule has 26 heavy (non-hydrogen) atoms. The van der Waals surface area contributed by atoms with E-state index in [1.807, 2.05) is 12.1 Å². The Morgan fingerprint density at radius 1 is 0.885 bits per heavy atom. The lowest BCUT2D eigenvalue weighted by molar-refractivity contribution is 0.0607. The summed E-state index contributed by atoms with van der Waals surface area (Å²) in [6, 6.07) is 8.30. The van der Waals surface area contributed by atoms with Crippen molar-refractivity contribution < 1.29 is 4.79 Å². The van der Waals surface area contributed by atoms with E-state index in [0.717, 1.165) is 57.7 Å². The summed E-state index contributed by atoms with van der Waals surface area (Å²) < 4.78 is 0. The topological polar surface area (TPSA) is 35.6 Å². The summed E-state index contributed by atoms with van der Waals surface area (Å²) in [7, 11) is 0. The van der Waals surface area contributed by atoms with Crippen LogP contribution in [0.5, 0.6) is 0 Å². The average Bonchev–Trinajstić information content (AvgIpc) is 3.11. The standard InChI is InChI=1S/C20H29N3O.2ClH/c24-19(23-14-9-20(10-15-23)8-11-21-16-20)17-4-6-18(7-5-17)22-12-2-1-3-13-22;;/h4-7,21H,1-3,8-16H2;2*1H. The van der Waals surface area contributed by atoms with Crippen LogP contribution in [0.4, 0.5) is 5.69 Å². The SMILES string of the molecule is Cl.Cl.O=C(c1ccc(N2CCCCC2)cc1)N1CCC2(CCNC2)CC1. The fourth-order valence-electron chi connectivity index (χ4n) is 4.56. The second kappa shape index (κ2) is 9.29. The summed E-state index contributed by atoms with van der Waals surface area (Å²) in [6.07, 6.45) is 7.49. The van der Waals surface area contributed by atoms with E-state index in [9.17, 15) is 4.79 Å². The summed E-state index contributed by atoms with van der Waals surface area (Å²) >= 11 is 0. The van der Waals surface area contributed by atoms with Crippen LogP contribution in [0.25, 0.3) is 0 Å². The number of piperidine rings is 2. The molecule has 3 aliphatic heterocycles. The van der Waals surface area contributed by atoms with Crippen LogP contribution < -0.4 is 10.2 Å². The van der Waals surface area contributed by atoms with Crippen molar-refractivity contribution in [1.29, 1.82) is 0 Å². The van der Waals surface area contributed by atoms with E-state index < -0.39 is 0 Å². The van der Waals surface area contributed by atoms with Crippen molar-refractivity contribution in [2.45, 2.75) is 38.5 Å². The van der Waals surface area contributed by atoms with E-state index in [2.05, 4.69) is 27.2 Å². The predicted molar refractivity (Wildman–Crippen MR) is 112 cm³/mol. The number of carbonyl (C=O) groups excluding carboxylic acids is 1. The van der Waals surface area contributed by atoms with Gasteiger partial charge in [-0.25, -0.2) is 0 Å². The molecule has 3 saturated heterocycles. The molecule has 0 bridgehead atoms. The number of hydrogen-bond acceptors (Lipinski definition) is 3. The van der Waals surface area contributed by atoms with Gasteiger partial charge in [0.2, 0.25) is 0 Å². The van der Waals surface area contributed by atoms with Gasteiger partial charge in [0.25, 0.3) is 5.91 Å². The van der Waals surface area contributed by atoms with Crippen molar-refractivity contribution in [2.24, 2.45) is 5.41 Å². The molecule has 0 radical (unpaired) electrons. The Bertz CT molecular complexity index is 571. The average molecular weight is 400 g/mol. The maximum atomic E-state index is 12.8. The molecule has 0 aromatic heterocycles. The zero-order valence-corrected chi connectivity index (χ0v) is 17.0. The van der Waals surface area contributed by atoms with Crippen molar-refractivity contribution in [2.75, 3.05) is 44.2 Å². The Labute approximate surface area is 169 Å². The number of anilines is 1. The zero-order chi connectivity index (χ0) is 16.4. The lowest BCUT2D eigenvalue weighted by atomic mass is 9.78. The second-order valence-corrected chi connectivity index (χ2v) is 7.81. The van der Waals surface area contributed by atoms with E-state index in [4.69, 9.17) is 0 Å². The number of amides is 1. The molecular formula is C20H31Cl2N3O. The highest BCUT2D eigenvalue weighted by Gasteiger charge is 2.38. The van der Waals surface area contributed by atoms with Crippen LogP contribution in [-0.2, 0) is 0 Å². The largest absolute Gasteiger partial charge is 0.372 e. The molecule has 1 aromatic carbocycles. The lowest BCUT2D eigenvalue weighted by Crippen LogP contribution is -2.44. The molecule has 0 unspecified atom stereocenters. The van der Waals surface area contributed by atoms with Gasteiger partial charge >= 0.3 is 0 Å². The van der Waals surface area contributed by atoms with Gasteiger partial charge in [0.15, 0.2) is 0 Å². The van der Waals surface area contributed by atoms with Gasteiger partial charge in [-0.15, -0.1) is 24.8 Å². The van der Waals surface area contributed by atoms with Gasteiger partial charge in [0, 0.05) is 44.0 Å². The van der Waals surface area contributed by atoms with E-state index in [1.165, 1.54) is 31.4 Å². The van der Waals surface area contributed by atoms with Gasteiger partial charge in [-0.3, -0.25) is 4.79 Å². The summed E-state index contributed by atoms with van der Waals surface area (Å²) in [6.45, 7) is 6.40. The minimum absolute atomic E-state index is 0. The first-order valence-electron chi connectivity index (χ1n) is 9.61. The smallest absolute Gasteiger partial charge is 0.253 e. The first kappa shape index (κ1) is 21.3. The first-order chi connectivity index (χ1) is 11.8. The minimum Gasteiger partial charge on any atom is -0.372 e. The third kappa shape index (κ3) is 4.47. The van der Waals surface area contributed by atoms with E-state index in [0.29, 0.717) is 5.41 Å². The summed E-state index contributed by atoms with van der Waals surface area (Å²) in [5, 5.41) is 3.49.